The van der Waals surface area contributed by atoms with E-state index in [1.54, 1.807) is 7.11 Å². The van der Waals surface area contributed by atoms with Gasteiger partial charge in [-0.15, -0.1) is 0 Å². The molecule has 0 heterocycles. The van der Waals surface area contributed by atoms with Crippen LogP contribution in [-0.2, 0) is 10.1 Å². The molecule has 0 radical (unpaired) electrons. The summed E-state index contributed by atoms with van der Waals surface area (Å²) in [5.41, 5.74) is 0.808. The van der Waals surface area contributed by atoms with E-state index in [1.807, 2.05) is 0 Å². The molecule has 2 fully saturated rings. The lowest BCUT2D eigenvalue weighted by Crippen LogP contribution is -2.53. The smallest absolute Gasteiger partial charge is 0.125 e. The fourth-order valence-corrected chi connectivity index (χ4v) is 8.87. The van der Waals surface area contributed by atoms with Crippen LogP contribution in [0.15, 0.2) is 84.9 Å². The second kappa shape index (κ2) is 8.01. The van der Waals surface area contributed by atoms with E-state index in [2.05, 4.69) is 106 Å². The van der Waals surface area contributed by atoms with Gasteiger partial charge in [-0.3, -0.25) is 0 Å². The van der Waals surface area contributed by atoms with E-state index in [0.717, 1.165) is 5.75 Å². The lowest BCUT2D eigenvalue weighted by Gasteiger charge is -2.55. The molecule has 3 aromatic carbocycles. The van der Waals surface area contributed by atoms with Gasteiger partial charge in [-0.25, -0.2) is 0 Å². The third-order valence-corrected chi connectivity index (χ3v) is 10.2. The van der Waals surface area contributed by atoms with Crippen molar-refractivity contribution in [1.29, 1.82) is 0 Å². The van der Waals surface area contributed by atoms with Crippen LogP contribution < -0.4 is 15.3 Å². The van der Waals surface area contributed by atoms with E-state index in [9.17, 15) is 0 Å². The first-order valence-electron chi connectivity index (χ1n) is 11.7. The highest BCUT2D eigenvalue weighted by Gasteiger charge is 2.71. The minimum atomic E-state index is -1.01. The molecule has 0 amide bonds. The molecule has 0 aromatic heterocycles. The fourth-order valence-electron chi connectivity index (χ4n) is 6.64. The summed E-state index contributed by atoms with van der Waals surface area (Å²) in [5, 5.41) is 2.51. The van der Waals surface area contributed by atoms with Gasteiger partial charge in [-0.05, 0) is 31.2 Å². The van der Waals surface area contributed by atoms with E-state index >= 15 is 0 Å². The summed E-state index contributed by atoms with van der Waals surface area (Å²) in [6, 6.07) is 30.1. The molecule has 3 heteroatoms. The average Bonchev–Trinajstić information content (AvgIpc) is 3.31. The minimum absolute atomic E-state index is 0.0151. The van der Waals surface area contributed by atoms with Crippen LogP contribution in [-0.4, -0.2) is 7.11 Å². The monoisotopic (exact) mass is 444 g/mol. The van der Waals surface area contributed by atoms with E-state index in [-0.39, 0.29) is 10.8 Å². The predicted molar refractivity (Wildman–Crippen MR) is 134 cm³/mol. The molecule has 2 nitrogen and oxygen atoms in total. The summed E-state index contributed by atoms with van der Waals surface area (Å²) < 4.78 is 13.6. The predicted octanol–water partition coefficient (Wildman–Crippen LogP) is 6.80. The molecule has 3 aromatic rings. The zero-order valence-electron chi connectivity index (χ0n) is 19.5. The Morgan fingerprint density at radius 1 is 0.781 bits per heavy atom. The minimum Gasteiger partial charge on any atom is -0.496 e. The zero-order chi connectivity index (χ0) is 22.4. The molecule has 2 bridgehead atoms. The Labute approximate surface area is 193 Å². The molecule has 2 aliphatic rings. The Kier molecular flexibility index (Phi) is 5.43. The molecular formula is C29H33O2P. The summed E-state index contributed by atoms with van der Waals surface area (Å²) in [6.07, 6.45) is 3.66. The summed E-state index contributed by atoms with van der Waals surface area (Å²) in [5.74, 6) is 1.58. The van der Waals surface area contributed by atoms with Crippen molar-refractivity contribution < 1.29 is 9.26 Å². The summed E-state index contributed by atoms with van der Waals surface area (Å²) in [7, 11) is 0.775. The van der Waals surface area contributed by atoms with E-state index < -0.39 is 13.7 Å². The quantitative estimate of drug-likeness (QED) is 0.389. The molecule has 32 heavy (non-hydrogen) atoms. The van der Waals surface area contributed by atoms with Crippen LogP contribution in [0.2, 0.25) is 0 Å². The van der Waals surface area contributed by atoms with Gasteiger partial charge in [0.1, 0.15) is 11.4 Å². The highest BCUT2D eigenvalue weighted by atomic mass is 31.1. The topological polar surface area (TPSA) is 18.5 Å². The number of ether oxygens (including phenoxy) is 1. The highest BCUT2D eigenvalue weighted by molar-refractivity contribution is 7.68. The van der Waals surface area contributed by atoms with E-state index in [0.29, 0.717) is 5.92 Å². The van der Waals surface area contributed by atoms with Crippen LogP contribution in [0.1, 0.15) is 45.6 Å². The molecule has 3 atom stereocenters. The summed E-state index contributed by atoms with van der Waals surface area (Å²) in [4.78, 5) is 0. The maximum Gasteiger partial charge on any atom is 0.125 e. The molecule has 0 N–H and O–H groups in total. The third kappa shape index (κ3) is 3.07. The Balaban J connectivity index is 1.75. The molecule has 5 rings (SSSR count). The van der Waals surface area contributed by atoms with Crippen molar-refractivity contribution >= 4 is 18.8 Å². The first-order valence-corrected chi connectivity index (χ1v) is 12.9. The summed E-state index contributed by atoms with van der Waals surface area (Å²) in [6.45, 7) is 7.31. The summed E-state index contributed by atoms with van der Waals surface area (Å²) >= 11 is 0. The number of methoxy groups -OCH3 is 1. The van der Waals surface area contributed by atoms with Crippen molar-refractivity contribution in [3.63, 3.8) is 0 Å². The van der Waals surface area contributed by atoms with Gasteiger partial charge < -0.3 is 9.26 Å². The normalized spacial score (nSPS) is 28.2. The molecule has 0 spiro atoms. The van der Waals surface area contributed by atoms with Crippen LogP contribution >= 0.6 is 8.15 Å². The first-order chi connectivity index (χ1) is 15.4. The fraction of sp³-hybridized carbons (Fsp3) is 0.379. The van der Waals surface area contributed by atoms with Crippen LogP contribution in [0, 0.1) is 16.7 Å². The number of hydrogen-bond acceptors (Lipinski definition) is 2. The van der Waals surface area contributed by atoms with Gasteiger partial charge >= 0.3 is 0 Å². The van der Waals surface area contributed by atoms with Crippen LogP contribution in [0.5, 0.6) is 5.75 Å². The van der Waals surface area contributed by atoms with Crippen molar-refractivity contribution in [2.45, 2.75) is 45.6 Å². The molecule has 2 saturated carbocycles. The SMILES string of the molecule is COc1ccccc1[C@]1(OP(c2ccccc2)c2ccccc2)C(C)(C)[C@H]2CC[C@]1(C)C2. The largest absolute Gasteiger partial charge is 0.496 e. The van der Waals surface area contributed by atoms with Gasteiger partial charge in [0, 0.05) is 27.0 Å². The highest BCUT2D eigenvalue weighted by Crippen LogP contribution is 2.76. The van der Waals surface area contributed by atoms with E-state index in [1.165, 1.54) is 35.4 Å². The number of para-hydroxylation sites is 1. The van der Waals surface area contributed by atoms with E-state index in [4.69, 9.17) is 9.26 Å². The molecule has 166 valence electrons. The standard InChI is InChI=1S/C29H33O2P/c1-27(2)22-19-20-28(3,21-22)29(27,25-17-11-12-18-26(25)30-4)31-32(23-13-7-5-8-14-23)24-15-9-6-10-16-24/h5-18,22H,19-21H2,1-4H3/t22-,28+,29-/m0/s1. The van der Waals surface area contributed by atoms with Crippen molar-refractivity contribution in [2.24, 2.45) is 16.7 Å². The Morgan fingerprint density at radius 3 is 1.88 bits per heavy atom. The van der Waals surface area contributed by atoms with Crippen molar-refractivity contribution in [2.75, 3.05) is 7.11 Å². The maximum absolute atomic E-state index is 7.64. The second-order valence-electron chi connectivity index (χ2n) is 10.2. The van der Waals surface area contributed by atoms with Crippen molar-refractivity contribution in [3.8, 4) is 5.75 Å². The Morgan fingerprint density at radius 2 is 1.34 bits per heavy atom. The molecule has 0 saturated heterocycles. The van der Waals surface area contributed by atoms with Gasteiger partial charge in [0.05, 0.1) is 15.3 Å². The van der Waals surface area contributed by atoms with Gasteiger partial charge in [-0.2, -0.15) is 0 Å². The number of hydrogen-bond donors (Lipinski definition) is 0. The Bertz CT molecular complexity index is 1030. The number of rotatable bonds is 6. The van der Waals surface area contributed by atoms with Gasteiger partial charge in [0.2, 0.25) is 0 Å². The van der Waals surface area contributed by atoms with Gasteiger partial charge in [-0.1, -0.05) is 99.6 Å². The second-order valence-corrected chi connectivity index (χ2v) is 12.0. The molecular weight excluding hydrogens is 411 g/mol. The zero-order valence-corrected chi connectivity index (χ0v) is 20.4. The van der Waals surface area contributed by atoms with Crippen LogP contribution in [0.25, 0.3) is 0 Å². The van der Waals surface area contributed by atoms with Crippen molar-refractivity contribution in [1.82, 2.24) is 0 Å². The molecule has 2 aliphatic carbocycles. The lowest BCUT2D eigenvalue weighted by molar-refractivity contribution is -0.123. The maximum atomic E-state index is 7.64. The third-order valence-electron chi connectivity index (χ3n) is 8.22. The van der Waals surface area contributed by atoms with Crippen LogP contribution in [0.3, 0.4) is 0 Å². The van der Waals surface area contributed by atoms with Gasteiger partial charge in [0.25, 0.3) is 0 Å². The molecule has 0 aliphatic heterocycles. The van der Waals surface area contributed by atoms with Crippen molar-refractivity contribution in [3.05, 3.63) is 90.5 Å². The van der Waals surface area contributed by atoms with Gasteiger partial charge in [0.15, 0.2) is 0 Å². The number of benzene rings is 3. The first kappa shape index (κ1) is 21.7. The number of fused-ring (bicyclic) bond motifs is 2. The average molecular weight is 445 g/mol. The molecule has 0 unspecified atom stereocenters. The van der Waals surface area contributed by atoms with Crippen LogP contribution in [0.4, 0.5) is 0 Å². The Hall–Kier alpha value is -2.15. The lowest BCUT2D eigenvalue weighted by atomic mass is 9.57.